The molecule has 0 amide bonds. The highest BCUT2D eigenvalue weighted by Crippen LogP contribution is 2.31. The number of fused-ring (bicyclic) bond motifs is 1. The zero-order valence-electron chi connectivity index (χ0n) is 9.83. The first kappa shape index (κ1) is 11.2. The molecule has 0 aliphatic rings. The van der Waals surface area contributed by atoms with Gasteiger partial charge in [-0.25, -0.2) is 0 Å². The summed E-state index contributed by atoms with van der Waals surface area (Å²) in [5.41, 5.74) is 2.21. The van der Waals surface area contributed by atoms with Crippen molar-refractivity contribution in [2.75, 3.05) is 5.32 Å². The molecule has 0 aliphatic carbocycles. The van der Waals surface area contributed by atoms with Crippen molar-refractivity contribution in [1.29, 1.82) is 0 Å². The van der Waals surface area contributed by atoms with Crippen LogP contribution in [0.2, 0.25) is 0 Å². The van der Waals surface area contributed by atoms with Gasteiger partial charge in [-0.1, -0.05) is 0 Å². The Morgan fingerprint density at radius 3 is 2.89 bits per heavy atom. The normalized spacial score (nSPS) is 10.5. The number of non-ortho nitro benzene ring substituents is 1. The first-order valence-corrected chi connectivity index (χ1v) is 5.67. The Morgan fingerprint density at radius 2 is 2.16 bits per heavy atom. The van der Waals surface area contributed by atoms with Gasteiger partial charge >= 0.3 is 0 Å². The number of hydrogen-bond donors (Lipinski definition) is 2. The molecule has 6 heteroatoms. The highest BCUT2D eigenvalue weighted by molar-refractivity contribution is 5.98. The summed E-state index contributed by atoms with van der Waals surface area (Å²) in [4.78, 5) is 17.5. The van der Waals surface area contributed by atoms with Crippen molar-refractivity contribution in [3.8, 4) is 0 Å². The van der Waals surface area contributed by atoms with Gasteiger partial charge in [0.25, 0.3) is 5.69 Å². The Balaban J connectivity index is 2.08. The molecule has 2 N–H and O–H groups in total. The molecule has 3 aromatic rings. The summed E-state index contributed by atoms with van der Waals surface area (Å²) in [5.74, 6) is 0. The molecular formula is C13H10N4O2. The highest BCUT2D eigenvalue weighted by atomic mass is 16.6. The summed E-state index contributed by atoms with van der Waals surface area (Å²) in [6.07, 6.45) is 5.07. The molecule has 1 aromatic carbocycles. The van der Waals surface area contributed by atoms with E-state index in [9.17, 15) is 10.1 Å². The van der Waals surface area contributed by atoms with Crippen molar-refractivity contribution >= 4 is 28.0 Å². The fraction of sp³-hybridized carbons (Fsp3) is 0. The third kappa shape index (κ3) is 1.99. The van der Waals surface area contributed by atoms with Crippen LogP contribution in [0.5, 0.6) is 0 Å². The predicted molar refractivity (Wildman–Crippen MR) is 72.5 cm³/mol. The van der Waals surface area contributed by atoms with E-state index in [0.717, 1.165) is 16.8 Å². The molecule has 0 saturated carbocycles. The molecule has 2 heterocycles. The van der Waals surface area contributed by atoms with Crippen LogP contribution in [-0.4, -0.2) is 14.9 Å². The van der Waals surface area contributed by atoms with Gasteiger partial charge < -0.3 is 10.3 Å². The number of benzene rings is 1. The van der Waals surface area contributed by atoms with Crippen molar-refractivity contribution < 1.29 is 4.92 Å². The summed E-state index contributed by atoms with van der Waals surface area (Å²) < 4.78 is 0. The van der Waals surface area contributed by atoms with Gasteiger partial charge in [0.15, 0.2) is 0 Å². The van der Waals surface area contributed by atoms with Crippen LogP contribution in [0.15, 0.2) is 48.9 Å². The number of aromatic amines is 1. The maximum absolute atomic E-state index is 10.9. The average molecular weight is 254 g/mol. The maximum Gasteiger partial charge on any atom is 0.293 e. The Kier molecular flexibility index (Phi) is 2.60. The second kappa shape index (κ2) is 4.41. The fourth-order valence-electron chi connectivity index (χ4n) is 1.99. The first-order chi connectivity index (χ1) is 9.25. The molecule has 2 aromatic heterocycles. The van der Waals surface area contributed by atoms with E-state index >= 15 is 0 Å². The highest BCUT2D eigenvalue weighted by Gasteiger charge is 2.15. The Bertz CT molecular complexity index is 737. The van der Waals surface area contributed by atoms with Gasteiger partial charge in [-0.3, -0.25) is 15.1 Å². The second-order valence-corrected chi connectivity index (χ2v) is 4.02. The standard InChI is InChI=1S/C13H10N4O2/c18-17(19)12-4-3-11(10-5-7-15-13(10)12)16-9-2-1-6-14-8-9/h1-8,15-16H. The minimum absolute atomic E-state index is 0.0664. The van der Waals surface area contributed by atoms with E-state index in [1.165, 1.54) is 6.07 Å². The number of aromatic nitrogens is 2. The van der Waals surface area contributed by atoms with Gasteiger partial charge in [-0.05, 0) is 24.3 Å². The topological polar surface area (TPSA) is 83.8 Å². The molecule has 0 fully saturated rings. The van der Waals surface area contributed by atoms with Crippen LogP contribution >= 0.6 is 0 Å². The number of nitrogens with one attached hydrogen (secondary N) is 2. The molecule has 0 saturated heterocycles. The van der Waals surface area contributed by atoms with E-state index in [2.05, 4.69) is 15.3 Å². The summed E-state index contributed by atoms with van der Waals surface area (Å²) in [6.45, 7) is 0. The number of nitrogens with zero attached hydrogens (tertiary/aromatic N) is 2. The van der Waals surface area contributed by atoms with E-state index in [0.29, 0.717) is 5.52 Å². The van der Waals surface area contributed by atoms with Gasteiger partial charge in [0.2, 0.25) is 0 Å². The van der Waals surface area contributed by atoms with Crippen molar-refractivity contribution in [2.45, 2.75) is 0 Å². The van der Waals surface area contributed by atoms with Crippen LogP contribution in [0.3, 0.4) is 0 Å². The van der Waals surface area contributed by atoms with E-state index in [-0.39, 0.29) is 5.69 Å². The molecule has 0 aliphatic heterocycles. The average Bonchev–Trinajstić information content (AvgIpc) is 2.89. The zero-order valence-corrected chi connectivity index (χ0v) is 9.83. The fourth-order valence-corrected chi connectivity index (χ4v) is 1.99. The summed E-state index contributed by atoms with van der Waals surface area (Å²) in [5, 5.41) is 14.9. The lowest BCUT2D eigenvalue weighted by atomic mass is 10.2. The largest absolute Gasteiger partial charge is 0.356 e. The lowest BCUT2D eigenvalue weighted by Crippen LogP contribution is -1.94. The molecule has 0 atom stereocenters. The number of nitro groups is 1. The molecule has 0 bridgehead atoms. The summed E-state index contributed by atoms with van der Waals surface area (Å²) >= 11 is 0. The lowest BCUT2D eigenvalue weighted by Gasteiger charge is -2.07. The summed E-state index contributed by atoms with van der Waals surface area (Å²) in [7, 11) is 0. The van der Waals surface area contributed by atoms with E-state index in [1.807, 2.05) is 12.1 Å². The smallest absolute Gasteiger partial charge is 0.293 e. The van der Waals surface area contributed by atoms with E-state index in [1.54, 1.807) is 30.7 Å². The van der Waals surface area contributed by atoms with Crippen LogP contribution in [0, 0.1) is 10.1 Å². The zero-order chi connectivity index (χ0) is 13.2. The summed E-state index contributed by atoms with van der Waals surface area (Å²) in [6, 6.07) is 8.69. The van der Waals surface area contributed by atoms with Crippen LogP contribution in [0.1, 0.15) is 0 Å². The molecular weight excluding hydrogens is 244 g/mol. The Hall–Kier alpha value is -2.89. The van der Waals surface area contributed by atoms with Crippen molar-refractivity contribution in [1.82, 2.24) is 9.97 Å². The minimum atomic E-state index is -0.396. The third-order valence-corrected chi connectivity index (χ3v) is 2.84. The number of hydrogen-bond acceptors (Lipinski definition) is 4. The lowest BCUT2D eigenvalue weighted by molar-refractivity contribution is -0.383. The number of rotatable bonds is 3. The maximum atomic E-state index is 10.9. The Morgan fingerprint density at radius 1 is 1.26 bits per heavy atom. The van der Waals surface area contributed by atoms with Crippen molar-refractivity contribution in [3.05, 3.63) is 59.0 Å². The number of anilines is 2. The predicted octanol–water partition coefficient (Wildman–Crippen LogP) is 3.21. The quantitative estimate of drug-likeness (QED) is 0.555. The molecule has 0 radical (unpaired) electrons. The van der Waals surface area contributed by atoms with Crippen LogP contribution in [-0.2, 0) is 0 Å². The third-order valence-electron chi connectivity index (χ3n) is 2.84. The van der Waals surface area contributed by atoms with Crippen LogP contribution < -0.4 is 5.32 Å². The number of H-pyrrole nitrogens is 1. The first-order valence-electron chi connectivity index (χ1n) is 5.67. The minimum Gasteiger partial charge on any atom is -0.356 e. The van der Waals surface area contributed by atoms with Crippen LogP contribution in [0.4, 0.5) is 17.1 Å². The van der Waals surface area contributed by atoms with Gasteiger partial charge in [0, 0.05) is 29.5 Å². The number of nitro benzene ring substituents is 1. The van der Waals surface area contributed by atoms with E-state index in [4.69, 9.17) is 0 Å². The molecule has 3 rings (SSSR count). The Labute approximate surface area is 108 Å². The van der Waals surface area contributed by atoms with Crippen LogP contribution in [0.25, 0.3) is 10.9 Å². The number of pyridine rings is 1. The molecule has 6 nitrogen and oxygen atoms in total. The van der Waals surface area contributed by atoms with Gasteiger partial charge in [0.1, 0.15) is 5.52 Å². The van der Waals surface area contributed by atoms with Crippen molar-refractivity contribution in [2.24, 2.45) is 0 Å². The SMILES string of the molecule is O=[N+]([O-])c1ccc(Nc2cccnc2)c2cc[nH]c12. The monoisotopic (exact) mass is 254 g/mol. The van der Waals surface area contributed by atoms with Crippen molar-refractivity contribution in [3.63, 3.8) is 0 Å². The second-order valence-electron chi connectivity index (χ2n) is 4.02. The molecule has 94 valence electrons. The van der Waals surface area contributed by atoms with Gasteiger partial charge in [-0.15, -0.1) is 0 Å². The van der Waals surface area contributed by atoms with E-state index < -0.39 is 4.92 Å². The molecule has 0 unspecified atom stereocenters. The molecule has 0 spiro atoms. The van der Waals surface area contributed by atoms with Gasteiger partial charge in [0.05, 0.1) is 16.8 Å². The van der Waals surface area contributed by atoms with Gasteiger partial charge in [-0.2, -0.15) is 0 Å². The molecule has 19 heavy (non-hydrogen) atoms.